The van der Waals surface area contributed by atoms with E-state index in [1.165, 1.54) is 6.08 Å². The summed E-state index contributed by atoms with van der Waals surface area (Å²) in [7, 11) is 0. The van der Waals surface area contributed by atoms with E-state index in [1.807, 2.05) is 0 Å². The molecule has 0 aliphatic heterocycles. The number of benzene rings is 1. The number of aliphatic hydroxyl groups is 1. The first-order valence-corrected chi connectivity index (χ1v) is 5.59. The first-order valence-electron chi connectivity index (χ1n) is 5.59. The van der Waals surface area contributed by atoms with Crippen LogP contribution in [-0.2, 0) is 4.79 Å². The molecule has 0 unspecified atom stereocenters. The molecule has 17 heavy (non-hydrogen) atoms. The highest BCUT2D eigenvalue weighted by atomic mass is 16.3. The van der Waals surface area contributed by atoms with E-state index >= 15 is 0 Å². The minimum atomic E-state index is -0.263. The molecule has 1 aromatic carbocycles. The van der Waals surface area contributed by atoms with Crippen molar-refractivity contribution in [2.24, 2.45) is 0 Å². The maximum Gasteiger partial charge on any atom is 0.244 e. The van der Waals surface area contributed by atoms with E-state index in [1.54, 1.807) is 30.3 Å². The molecule has 4 nitrogen and oxygen atoms in total. The van der Waals surface area contributed by atoms with Crippen molar-refractivity contribution in [1.82, 2.24) is 5.32 Å². The number of rotatable bonds is 3. The summed E-state index contributed by atoms with van der Waals surface area (Å²) < 4.78 is 0. The minimum absolute atomic E-state index is 0.0990. The van der Waals surface area contributed by atoms with Crippen LogP contribution in [0.15, 0.2) is 30.3 Å². The zero-order chi connectivity index (χ0) is 12.3. The largest absolute Gasteiger partial charge is 0.508 e. The predicted molar refractivity (Wildman–Crippen MR) is 64.3 cm³/mol. The van der Waals surface area contributed by atoms with E-state index in [-0.39, 0.29) is 23.8 Å². The number of phenols is 1. The number of phenolic OH excluding ortho intramolecular Hbond substituents is 1. The van der Waals surface area contributed by atoms with Gasteiger partial charge in [-0.05, 0) is 36.6 Å². The van der Waals surface area contributed by atoms with E-state index in [0.29, 0.717) is 12.8 Å². The Kier molecular flexibility index (Phi) is 3.44. The van der Waals surface area contributed by atoms with Crippen LogP contribution < -0.4 is 5.32 Å². The van der Waals surface area contributed by atoms with Gasteiger partial charge in [0.15, 0.2) is 0 Å². The van der Waals surface area contributed by atoms with Gasteiger partial charge >= 0.3 is 0 Å². The van der Waals surface area contributed by atoms with Gasteiger partial charge in [0.2, 0.25) is 5.91 Å². The molecule has 0 bridgehead atoms. The number of aromatic hydroxyl groups is 1. The second kappa shape index (κ2) is 5.01. The molecule has 0 aromatic heterocycles. The molecule has 1 amide bonds. The highest BCUT2D eigenvalue weighted by Gasteiger charge is 2.27. The van der Waals surface area contributed by atoms with Crippen molar-refractivity contribution in [3.63, 3.8) is 0 Å². The lowest BCUT2D eigenvalue weighted by atomic mass is 9.89. The van der Waals surface area contributed by atoms with E-state index in [2.05, 4.69) is 5.32 Å². The standard InChI is InChI=1S/C13H15NO3/c15-11-4-1-9(2-5-11)3-6-13(17)14-10-7-12(16)8-10/h1-6,10,12,15-16H,7-8H2,(H,14,17). The zero-order valence-electron chi connectivity index (χ0n) is 9.34. The third-order valence-electron chi connectivity index (χ3n) is 2.78. The molecule has 4 heteroatoms. The number of carbonyl (C=O) groups is 1. The summed E-state index contributed by atoms with van der Waals surface area (Å²) in [4.78, 5) is 11.5. The lowest BCUT2D eigenvalue weighted by Crippen LogP contribution is -2.46. The summed E-state index contributed by atoms with van der Waals surface area (Å²) in [5.41, 5.74) is 0.853. The number of nitrogens with one attached hydrogen (secondary N) is 1. The first-order chi connectivity index (χ1) is 8.13. The van der Waals surface area contributed by atoms with Gasteiger partial charge in [0.25, 0.3) is 0 Å². The third kappa shape index (κ3) is 3.32. The topological polar surface area (TPSA) is 69.6 Å². The Morgan fingerprint density at radius 2 is 1.94 bits per heavy atom. The molecule has 0 heterocycles. The maximum absolute atomic E-state index is 11.5. The van der Waals surface area contributed by atoms with Crippen LogP contribution >= 0.6 is 0 Å². The molecule has 0 saturated heterocycles. The molecule has 0 spiro atoms. The van der Waals surface area contributed by atoms with Crippen molar-refractivity contribution in [3.8, 4) is 5.75 Å². The quantitative estimate of drug-likeness (QED) is 0.683. The van der Waals surface area contributed by atoms with Crippen LogP contribution in [-0.4, -0.2) is 28.3 Å². The molecular weight excluding hydrogens is 218 g/mol. The maximum atomic E-state index is 11.5. The number of hydrogen-bond acceptors (Lipinski definition) is 3. The molecule has 0 radical (unpaired) electrons. The zero-order valence-corrected chi connectivity index (χ0v) is 9.34. The van der Waals surface area contributed by atoms with Crippen LogP contribution in [0.25, 0.3) is 6.08 Å². The molecule has 1 fully saturated rings. The van der Waals surface area contributed by atoms with Crippen LogP contribution in [0.1, 0.15) is 18.4 Å². The molecule has 2 rings (SSSR count). The van der Waals surface area contributed by atoms with Gasteiger partial charge in [0, 0.05) is 12.1 Å². The fourth-order valence-electron chi connectivity index (χ4n) is 1.71. The Hall–Kier alpha value is -1.81. The van der Waals surface area contributed by atoms with Gasteiger partial charge in [-0.15, -0.1) is 0 Å². The average molecular weight is 233 g/mol. The fraction of sp³-hybridized carbons (Fsp3) is 0.308. The molecule has 1 aliphatic carbocycles. The van der Waals surface area contributed by atoms with Crippen LogP contribution in [0, 0.1) is 0 Å². The van der Waals surface area contributed by atoms with Crippen molar-refractivity contribution >= 4 is 12.0 Å². The van der Waals surface area contributed by atoms with Crippen LogP contribution in [0.4, 0.5) is 0 Å². The summed E-state index contributed by atoms with van der Waals surface area (Å²) in [5.74, 6) is 0.0463. The Balaban J connectivity index is 1.83. The molecule has 1 saturated carbocycles. The smallest absolute Gasteiger partial charge is 0.244 e. The Morgan fingerprint density at radius 3 is 2.53 bits per heavy atom. The molecule has 0 atom stereocenters. The minimum Gasteiger partial charge on any atom is -0.508 e. The van der Waals surface area contributed by atoms with Crippen LogP contribution in [0.3, 0.4) is 0 Å². The van der Waals surface area contributed by atoms with E-state index in [9.17, 15) is 4.79 Å². The predicted octanol–water partition coefficient (Wildman–Crippen LogP) is 1.04. The van der Waals surface area contributed by atoms with Crippen molar-refractivity contribution in [2.45, 2.75) is 25.0 Å². The number of hydrogen-bond donors (Lipinski definition) is 3. The van der Waals surface area contributed by atoms with Crippen molar-refractivity contribution in [2.75, 3.05) is 0 Å². The Bertz CT molecular complexity index is 419. The van der Waals surface area contributed by atoms with Gasteiger partial charge < -0.3 is 15.5 Å². The number of carbonyl (C=O) groups excluding carboxylic acids is 1. The van der Waals surface area contributed by atoms with Crippen LogP contribution in [0.2, 0.25) is 0 Å². The van der Waals surface area contributed by atoms with Crippen molar-refractivity contribution < 1.29 is 15.0 Å². The second-order valence-corrected chi connectivity index (χ2v) is 4.26. The second-order valence-electron chi connectivity index (χ2n) is 4.26. The summed E-state index contributed by atoms with van der Waals surface area (Å²) in [6.45, 7) is 0. The van der Waals surface area contributed by atoms with Crippen molar-refractivity contribution in [3.05, 3.63) is 35.9 Å². The summed E-state index contributed by atoms with van der Waals surface area (Å²) in [5, 5.41) is 21.0. The highest BCUT2D eigenvalue weighted by Crippen LogP contribution is 2.19. The number of aliphatic hydroxyl groups excluding tert-OH is 1. The summed E-state index contributed by atoms with van der Waals surface area (Å²) >= 11 is 0. The van der Waals surface area contributed by atoms with Gasteiger partial charge in [-0.1, -0.05) is 12.1 Å². The normalized spacial score (nSPS) is 23.4. The molecule has 90 valence electrons. The lowest BCUT2D eigenvalue weighted by Gasteiger charge is -2.31. The highest BCUT2D eigenvalue weighted by molar-refractivity contribution is 5.91. The van der Waals surface area contributed by atoms with E-state index in [4.69, 9.17) is 10.2 Å². The Labute approximate surface area is 99.6 Å². The summed E-state index contributed by atoms with van der Waals surface area (Å²) in [6.07, 6.45) is 4.15. The van der Waals surface area contributed by atoms with Gasteiger partial charge in [-0.3, -0.25) is 4.79 Å². The van der Waals surface area contributed by atoms with Crippen LogP contribution in [0.5, 0.6) is 5.75 Å². The van der Waals surface area contributed by atoms with Crippen molar-refractivity contribution in [1.29, 1.82) is 0 Å². The summed E-state index contributed by atoms with van der Waals surface area (Å²) in [6, 6.07) is 6.69. The first kappa shape index (κ1) is 11.7. The molecular formula is C13H15NO3. The molecule has 1 aliphatic rings. The molecule has 1 aromatic rings. The van der Waals surface area contributed by atoms with E-state index in [0.717, 1.165) is 5.56 Å². The average Bonchev–Trinajstić information content (AvgIpc) is 2.26. The van der Waals surface area contributed by atoms with Gasteiger partial charge in [-0.2, -0.15) is 0 Å². The van der Waals surface area contributed by atoms with Gasteiger partial charge in [0.1, 0.15) is 5.75 Å². The lowest BCUT2D eigenvalue weighted by molar-refractivity contribution is -0.118. The molecule has 3 N–H and O–H groups in total. The monoisotopic (exact) mass is 233 g/mol. The Morgan fingerprint density at radius 1 is 1.29 bits per heavy atom. The SMILES string of the molecule is O=C(C=Cc1ccc(O)cc1)NC1CC(O)C1. The third-order valence-corrected chi connectivity index (χ3v) is 2.78. The van der Waals surface area contributed by atoms with Gasteiger partial charge in [-0.25, -0.2) is 0 Å². The van der Waals surface area contributed by atoms with Gasteiger partial charge in [0.05, 0.1) is 6.10 Å². The number of amides is 1. The fourth-order valence-corrected chi connectivity index (χ4v) is 1.71. The van der Waals surface area contributed by atoms with E-state index < -0.39 is 0 Å².